The van der Waals surface area contributed by atoms with Crippen molar-refractivity contribution in [1.29, 1.82) is 0 Å². The summed E-state index contributed by atoms with van der Waals surface area (Å²) in [6, 6.07) is 14.8. The number of nitrogen functional groups attached to an aromatic ring is 1. The smallest absolute Gasteiger partial charge is 0.253 e. The first kappa shape index (κ1) is 15.4. The third-order valence-electron chi connectivity index (χ3n) is 2.88. The molecule has 0 aliphatic rings. The van der Waals surface area contributed by atoms with Crippen LogP contribution in [0.5, 0.6) is 5.75 Å². The molecular weight excluding hydrogens is 332 g/mol. The molecule has 2 aromatic carbocycles. The lowest BCUT2D eigenvalue weighted by Gasteiger charge is -2.09. The van der Waals surface area contributed by atoms with Crippen LogP contribution in [0.15, 0.2) is 53.0 Å². The molecule has 2 rings (SSSR count). The van der Waals surface area contributed by atoms with Crippen LogP contribution in [0.1, 0.15) is 16.8 Å². The highest BCUT2D eigenvalue weighted by Gasteiger charge is 2.09. The van der Waals surface area contributed by atoms with E-state index in [1.165, 1.54) is 0 Å². The first-order valence-electron chi connectivity index (χ1n) is 6.68. The van der Waals surface area contributed by atoms with Crippen LogP contribution < -0.4 is 15.8 Å². The van der Waals surface area contributed by atoms with E-state index in [0.29, 0.717) is 24.4 Å². The average Bonchev–Trinajstić information content (AvgIpc) is 2.50. The fourth-order valence-electron chi connectivity index (χ4n) is 1.80. The number of amides is 1. The van der Waals surface area contributed by atoms with E-state index in [2.05, 4.69) is 21.2 Å². The molecule has 4 nitrogen and oxygen atoms in total. The predicted octanol–water partition coefficient (Wildman–Crippen LogP) is 3.23. The van der Waals surface area contributed by atoms with E-state index in [0.717, 1.165) is 16.6 Å². The summed E-state index contributed by atoms with van der Waals surface area (Å²) in [5, 5.41) is 2.83. The first-order valence-corrected chi connectivity index (χ1v) is 7.47. The topological polar surface area (TPSA) is 64.4 Å². The summed E-state index contributed by atoms with van der Waals surface area (Å²) in [5.74, 6) is 0.661. The predicted molar refractivity (Wildman–Crippen MR) is 87.4 cm³/mol. The number of benzene rings is 2. The van der Waals surface area contributed by atoms with Gasteiger partial charge in [0, 0.05) is 16.7 Å². The lowest BCUT2D eigenvalue weighted by Crippen LogP contribution is -2.26. The first-order chi connectivity index (χ1) is 10.2. The van der Waals surface area contributed by atoms with E-state index in [1.807, 2.05) is 30.3 Å². The van der Waals surface area contributed by atoms with Crippen LogP contribution in [-0.4, -0.2) is 19.1 Å². The molecule has 0 aromatic heterocycles. The van der Waals surface area contributed by atoms with Crippen LogP contribution in [-0.2, 0) is 0 Å². The Hall–Kier alpha value is -2.01. The van der Waals surface area contributed by atoms with Gasteiger partial charge in [-0.1, -0.05) is 34.1 Å². The molecule has 0 atom stereocenters. The fourth-order valence-corrected chi connectivity index (χ4v) is 2.16. The van der Waals surface area contributed by atoms with Crippen LogP contribution in [0.25, 0.3) is 0 Å². The van der Waals surface area contributed by atoms with E-state index in [1.54, 1.807) is 18.2 Å². The molecule has 0 saturated heterocycles. The van der Waals surface area contributed by atoms with Gasteiger partial charge in [0.15, 0.2) is 0 Å². The zero-order chi connectivity index (χ0) is 15.1. The number of para-hydroxylation sites is 1. The van der Waals surface area contributed by atoms with E-state index in [9.17, 15) is 4.79 Å². The number of hydrogen-bond acceptors (Lipinski definition) is 3. The molecule has 0 fully saturated rings. The molecule has 0 saturated carbocycles. The second-order valence-corrected chi connectivity index (χ2v) is 5.42. The van der Waals surface area contributed by atoms with Gasteiger partial charge in [0.2, 0.25) is 0 Å². The lowest BCUT2D eigenvalue weighted by molar-refractivity contribution is 0.0952. The normalized spacial score (nSPS) is 10.1. The molecule has 0 bridgehead atoms. The Morgan fingerprint density at radius 2 is 1.95 bits per heavy atom. The van der Waals surface area contributed by atoms with E-state index in [-0.39, 0.29) is 5.91 Å². The largest absolute Gasteiger partial charge is 0.494 e. The van der Waals surface area contributed by atoms with Gasteiger partial charge in [0.25, 0.3) is 5.91 Å². The Bertz CT molecular complexity index is 602. The number of carbonyl (C=O) groups excluding carboxylic acids is 1. The number of nitrogens with one attached hydrogen (secondary N) is 1. The highest BCUT2D eigenvalue weighted by atomic mass is 79.9. The van der Waals surface area contributed by atoms with Gasteiger partial charge in [-0.2, -0.15) is 0 Å². The van der Waals surface area contributed by atoms with E-state index >= 15 is 0 Å². The summed E-state index contributed by atoms with van der Waals surface area (Å²) in [6.45, 7) is 1.09. The summed E-state index contributed by atoms with van der Waals surface area (Å²) in [5.41, 5.74) is 6.74. The Labute approximate surface area is 132 Å². The molecule has 0 heterocycles. The quantitative estimate of drug-likeness (QED) is 0.622. The number of halogens is 1. The van der Waals surface area contributed by atoms with Crippen LogP contribution in [0.2, 0.25) is 0 Å². The Kier molecular flexibility index (Phi) is 5.63. The average molecular weight is 349 g/mol. The minimum Gasteiger partial charge on any atom is -0.494 e. The summed E-state index contributed by atoms with van der Waals surface area (Å²) in [7, 11) is 0. The van der Waals surface area contributed by atoms with Gasteiger partial charge in [-0.05, 0) is 36.8 Å². The number of rotatable bonds is 6. The van der Waals surface area contributed by atoms with Crippen molar-refractivity contribution in [1.82, 2.24) is 5.32 Å². The van der Waals surface area contributed by atoms with Crippen molar-refractivity contribution in [3.05, 3.63) is 58.6 Å². The number of carbonyl (C=O) groups is 1. The fraction of sp³-hybridized carbons (Fsp3) is 0.188. The molecule has 0 spiro atoms. The molecule has 110 valence electrons. The number of anilines is 1. The lowest BCUT2D eigenvalue weighted by atomic mass is 10.1. The molecule has 0 radical (unpaired) electrons. The van der Waals surface area contributed by atoms with Gasteiger partial charge in [-0.25, -0.2) is 0 Å². The molecule has 21 heavy (non-hydrogen) atoms. The van der Waals surface area contributed by atoms with Gasteiger partial charge in [-0.15, -0.1) is 0 Å². The monoisotopic (exact) mass is 348 g/mol. The second kappa shape index (κ2) is 7.69. The molecule has 3 N–H and O–H groups in total. The molecule has 0 aliphatic carbocycles. The molecule has 1 amide bonds. The van der Waals surface area contributed by atoms with Crippen molar-refractivity contribution in [3.63, 3.8) is 0 Å². The number of hydrogen-bond donors (Lipinski definition) is 2. The van der Waals surface area contributed by atoms with Crippen molar-refractivity contribution in [2.75, 3.05) is 18.9 Å². The molecular formula is C16H17BrN2O2. The minimum atomic E-state index is -0.173. The number of ether oxygens (including phenoxy) is 1. The Balaban J connectivity index is 1.73. The van der Waals surface area contributed by atoms with Crippen LogP contribution >= 0.6 is 15.9 Å². The standard InChI is InChI=1S/C16H17BrN2O2/c17-12-7-8-15(18)14(11-12)16(20)19-9-4-10-21-13-5-2-1-3-6-13/h1-3,5-8,11H,4,9-10,18H2,(H,19,20). The zero-order valence-corrected chi connectivity index (χ0v) is 13.1. The van der Waals surface area contributed by atoms with Crippen LogP contribution in [0.4, 0.5) is 5.69 Å². The van der Waals surface area contributed by atoms with Crippen LogP contribution in [0, 0.1) is 0 Å². The molecule has 5 heteroatoms. The molecule has 0 aliphatic heterocycles. The maximum absolute atomic E-state index is 12.0. The van der Waals surface area contributed by atoms with Crippen molar-refractivity contribution in [2.24, 2.45) is 0 Å². The zero-order valence-electron chi connectivity index (χ0n) is 11.5. The third kappa shape index (κ3) is 4.79. The summed E-state index contributed by atoms with van der Waals surface area (Å²) >= 11 is 3.33. The van der Waals surface area contributed by atoms with Crippen molar-refractivity contribution < 1.29 is 9.53 Å². The summed E-state index contributed by atoms with van der Waals surface area (Å²) < 4.78 is 6.38. The van der Waals surface area contributed by atoms with Gasteiger partial charge in [-0.3, -0.25) is 4.79 Å². The highest BCUT2D eigenvalue weighted by molar-refractivity contribution is 9.10. The van der Waals surface area contributed by atoms with E-state index in [4.69, 9.17) is 10.5 Å². The Morgan fingerprint density at radius 1 is 1.19 bits per heavy atom. The van der Waals surface area contributed by atoms with Gasteiger partial charge < -0.3 is 15.8 Å². The Morgan fingerprint density at radius 3 is 2.71 bits per heavy atom. The van der Waals surface area contributed by atoms with Crippen molar-refractivity contribution in [2.45, 2.75) is 6.42 Å². The minimum absolute atomic E-state index is 0.173. The maximum atomic E-state index is 12.0. The molecule has 2 aromatic rings. The van der Waals surface area contributed by atoms with E-state index < -0.39 is 0 Å². The maximum Gasteiger partial charge on any atom is 0.253 e. The van der Waals surface area contributed by atoms with Gasteiger partial charge in [0.05, 0.1) is 12.2 Å². The molecule has 0 unspecified atom stereocenters. The van der Waals surface area contributed by atoms with Crippen molar-refractivity contribution in [3.8, 4) is 5.75 Å². The van der Waals surface area contributed by atoms with Crippen LogP contribution in [0.3, 0.4) is 0 Å². The van der Waals surface area contributed by atoms with Gasteiger partial charge >= 0.3 is 0 Å². The SMILES string of the molecule is Nc1ccc(Br)cc1C(=O)NCCCOc1ccccc1. The third-order valence-corrected chi connectivity index (χ3v) is 3.37. The summed E-state index contributed by atoms with van der Waals surface area (Å²) in [6.07, 6.45) is 0.731. The van der Waals surface area contributed by atoms with Gasteiger partial charge in [0.1, 0.15) is 5.75 Å². The highest BCUT2D eigenvalue weighted by Crippen LogP contribution is 2.18. The number of nitrogens with two attached hydrogens (primary N) is 1. The van der Waals surface area contributed by atoms with Crippen molar-refractivity contribution >= 4 is 27.5 Å². The summed E-state index contributed by atoms with van der Waals surface area (Å²) in [4.78, 5) is 12.0. The second-order valence-electron chi connectivity index (χ2n) is 4.50.